The highest BCUT2D eigenvalue weighted by molar-refractivity contribution is 5.94. The third-order valence-electron chi connectivity index (χ3n) is 4.28. The van der Waals surface area contributed by atoms with Gasteiger partial charge in [0.05, 0.1) is 0 Å². The number of hydrogen-bond acceptors (Lipinski definition) is 1. The van der Waals surface area contributed by atoms with Gasteiger partial charge in [-0.3, -0.25) is 4.79 Å². The Morgan fingerprint density at radius 1 is 1.05 bits per heavy atom. The Hall–Kier alpha value is -1.31. The van der Waals surface area contributed by atoms with Gasteiger partial charge >= 0.3 is 0 Å². The van der Waals surface area contributed by atoms with Crippen LogP contribution in [0.3, 0.4) is 0 Å². The molecule has 0 radical (unpaired) electrons. The Balaban J connectivity index is 2.07. The van der Waals surface area contributed by atoms with Gasteiger partial charge in [0.2, 0.25) is 0 Å². The number of rotatable bonds is 4. The molecule has 1 aliphatic carbocycles. The molecule has 1 aromatic carbocycles. The van der Waals surface area contributed by atoms with Crippen LogP contribution in [0.4, 0.5) is 0 Å². The van der Waals surface area contributed by atoms with Crippen LogP contribution in [0.15, 0.2) is 24.3 Å². The molecule has 0 aliphatic heterocycles. The van der Waals surface area contributed by atoms with E-state index in [2.05, 4.69) is 12.1 Å². The fourth-order valence-electron chi connectivity index (χ4n) is 3.03. The van der Waals surface area contributed by atoms with Crippen molar-refractivity contribution in [3.63, 3.8) is 0 Å². The normalized spacial score (nSPS) is 16.3. The Labute approximate surface area is 116 Å². The molecule has 0 heterocycles. The maximum Gasteiger partial charge on any atom is 0.253 e. The van der Waals surface area contributed by atoms with E-state index in [1.54, 1.807) is 0 Å². The van der Waals surface area contributed by atoms with Crippen molar-refractivity contribution in [1.29, 1.82) is 0 Å². The molecule has 2 heteroatoms. The van der Waals surface area contributed by atoms with Crippen molar-refractivity contribution in [3.05, 3.63) is 35.4 Å². The van der Waals surface area contributed by atoms with Gasteiger partial charge in [-0.15, -0.1) is 0 Å². The SMILES string of the molecule is CCN(CC)C(=O)c1ccc(C2CCCCC2)cc1. The van der Waals surface area contributed by atoms with E-state index in [1.165, 1.54) is 37.7 Å². The van der Waals surface area contributed by atoms with E-state index in [4.69, 9.17) is 0 Å². The first kappa shape index (κ1) is 14.1. The Morgan fingerprint density at radius 3 is 2.16 bits per heavy atom. The minimum Gasteiger partial charge on any atom is -0.339 e. The summed E-state index contributed by atoms with van der Waals surface area (Å²) >= 11 is 0. The molecule has 2 rings (SSSR count). The first-order chi connectivity index (χ1) is 9.26. The Kier molecular flexibility index (Phi) is 5.00. The van der Waals surface area contributed by atoms with Crippen LogP contribution < -0.4 is 0 Å². The zero-order valence-corrected chi connectivity index (χ0v) is 12.2. The quantitative estimate of drug-likeness (QED) is 0.793. The molecule has 2 nitrogen and oxygen atoms in total. The summed E-state index contributed by atoms with van der Waals surface area (Å²) < 4.78 is 0. The molecule has 1 aromatic rings. The summed E-state index contributed by atoms with van der Waals surface area (Å²) in [4.78, 5) is 14.1. The summed E-state index contributed by atoms with van der Waals surface area (Å²) in [6, 6.07) is 8.33. The van der Waals surface area contributed by atoms with Crippen LogP contribution in [-0.2, 0) is 0 Å². The van der Waals surface area contributed by atoms with Crippen LogP contribution in [0.25, 0.3) is 0 Å². The fourth-order valence-corrected chi connectivity index (χ4v) is 3.03. The van der Waals surface area contributed by atoms with Crippen molar-refractivity contribution in [1.82, 2.24) is 4.90 Å². The third-order valence-corrected chi connectivity index (χ3v) is 4.28. The predicted molar refractivity (Wildman–Crippen MR) is 79.5 cm³/mol. The number of nitrogens with zero attached hydrogens (tertiary/aromatic N) is 1. The number of hydrogen-bond donors (Lipinski definition) is 0. The lowest BCUT2D eigenvalue weighted by molar-refractivity contribution is 0.0773. The largest absolute Gasteiger partial charge is 0.339 e. The van der Waals surface area contributed by atoms with E-state index in [9.17, 15) is 4.79 Å². The van der Waals surface area contributed by atoms with E-state index in [-0.39, 0.29) is 5.91 Å². The van der Waals surface area contributed by atoms with Crippen LogP contribution in [0.1, 0.15) is 67.8 Å². The van der Waals surface area contributed by atoms with Gasteiger partial charge in [0.25, 0.3) is 5.91 Å². The highest BCUT2D eigenvalue weighted by Crippen LogP contribution is 2.32. The van der Waals surface area contributed by atoms with Crippen molar-refractivity contribution < 1.29 is 4.79 Å². The zero-order valence-electron chi connectivity index (χ0n) is 12.2. The van der Waals surface area contributed by atoms with Gasteiger partial charge in [-0.1, -0.05) is 31.4 Å². The van der Waals surface area contributed by atoms with E-state index < -0.39 is 0 Å². The van der Waals surface area contributed by atoms with Crippen molar-refractivity contribution in [3.8, 4) is 0 Å². The molecule has 1 fully saturated rings. The van der Waals surface area contributed by atoms with Crippen molar-refractivity contribution >= 4 is 5.91 Å². The second-order valence-electron chi connectivity index (χ2n) is 5.43. The topological polar surface area (TPSA) is 20.3 Å². The highest BCUT2D eigenvalue weighted by Gasteiger charge is 2.17. The number of carbonyl (C=O) groups excluding carboxylic acids is 1. The third kappa shape index (κ3) is 3.37. The summed E-state index contributed by atoms with van der Waals surface area (Å²) in [7, 11) is 0. The molecule has 0 unspecified atom stereocenters. The minimum atomic E-state index is 0.153. The average molecular weight is 259 g/mol. The lowest BCUT2D eigenvalue weighted by atomic mass is 9.84. The van der Waals surface area contributed by atoms with E-state index in [0.717, 1.165) is 18.7 Å². The molecule has 104 valence electrons. The summed E-state index contributed by atoms with van der Waals surface area (Å²) in [6.07, 6.45) is 6.71. The van der Waals surface area contributed by atoms with Gasteiger partial charge in [-0.05, 0) is 50.3 Å². The molecular formula is C17H25NO. The second kappa shape index (κ2) is 6.74. The van der Waals surface area contributed by atoms with E-state index >= 15 is 0 Å². The summed E-state index contributed by atoms with van der Waals surface area (Å²) in [5.41, 5.74) is 2.24. The molecule has 1 amide bonds. The van der Waals surface area contributed by atoms with Crippen molar-refractivity contribution in [2.45, 2.75) is 51.9 Å². The molecule has 19 heavy (non-hydrogen) atoms. The number of amides is 1. The van der Waals surface area contributed by atoms with Crippen LogP contribution in [-0.4, -0.2) is 23.9 Å². The van der Waals surface area contributed by atoms with Gasteiger partial charge < -0.3 is 4.90 Å². The lowest BCUT2D eigenvalue weighted by Gasteiger charge is -2.23. The van der Waals surface area contributed by atoms with Gasteiger partial charge in [0.15, 0.2) is 0 Å². The van der Waals surface area contributed by atoms with Gasteiger partial charge in [-0.2, -0.15) is 0 Å². The molecular weight excluding hydrogens is 234 g/mol. The number of carbonyl (C=O) groups is 1. The van der Waals surface area contributed by atoms with Crippen molar-refractivity contribution in [2.75, 3.05) is 13.1 Å². The molecule has 0 bridgehead atoms. The monoisotopic (exact) mass is 259 g/mol. The molecule has 1 aliphatic rings. The van der Waals surface area contributed by atoms with E-state index in [0.29, 0.717) is 5.92 Å². The average Bonchev–Trinajstić information content (AvgIpc) is 2.49. The second-order valence-corrected chi connectivity index (χ2v) is 5.43. The van der Waals surface area contributed by atoms with Crippen LogP contribution >= 0.6 is 0 Å². The molecule has 0 atom stereocenters. The smallest absolute Gasteiger partial charge is 0.253 e. The minimum absolute atomic E-state index is 0.153. The van der Waals surface area contributed by atoms with Crippen LogP contribution in [0, 0.1) is 0 Å². The molecule has 0 N–H and O–H groups in total. The van der Waals surface area contributed by atoms with E-state index in [1.807, 2.05) is 30.9 Å². The first-order valence-electron chi connectivity index (χ1n) is 7.65. The molecule has 0 spiro atoms. The maximum absolute atomic E-state index is 12.2. The van der Waals surface area contributed by atoms with Gasteiger partial charge in [0, 0.05) is 18.7 Å². The van der Waals surface area contributed by atoms with Crippen molar-refractivity contribution in [2.24, 2.45) is 0 Å². The zero-order chi connectivity index (χ0) is 13.7. The fraction of sp³-hybridized carbons (Fsp3) is 0.588. The summed E-state index contributed by atoms with van der Waals surface area (Å²) in [5, 5.41) is 0. The first-order valence-corrected chi connectivity index (χ1v) is 7.65. The maximum atomic E-state index is 12.2. The standard InChI is InChI=1S/C17H25NO/c1-3-18(4-2)17(19)16-12-10-15(11-13-16)14-8-6-5-7-9-14/h10-14H,3-9H2,1-2H3. The predicted octanol–water partition coefficient (Wildman–Crippen LogP) is 4.22. The summed E-state index contributed by atoms with van der Waals surface area (Å²) in [6.45, 7) is 5.61. The van der Waals surface area contributed by atoms with Crippen LogP contribution in [0.2, 0.25) is 0 Å². The van der Waals surface area contributed by atoms with Crippen LogP contribution in [0.5, 0.6) is 0 Å². The van der Waals surface area contributed by atoms with Gasteiger partial charge in [-0.25, -0.2) is 0 Å². The molecule has 0 saturated heterocycles. The Morgan fingerprint density at radius 2 is 1.63 bits per heavy atom. The Bertz CT molecular complexity index is 400. The highest BCUT2D eigenvalue weighted by atomic mass is 16.2. The molecule has 1 saturated carbocycles. The lowest BCUT2D eigenvalue weighted by Crippen LogP contribution is -2.30. The van der Waals surface area contributed by atoms with Gasteiger partial charge in [0.1, 0.15) is 0 Å². The molecule has 0 aromatic heterocycles. The summed E-state index contributed by atoms with van der Waals surface area (Å²) in [5.74, 6) is 0.867. The number of benzene rings is 1.